The van der Waals surface area contributed by atoms with Crippen LogP contribution in [0.5, 0.6) is 0 Å². The SMILES string of the molecule is Fc1ccccc1NCCn1ccc2cccc(Cl)c21. The van der Waals surface area contributed by atoms with Gasteiger partial charge in [0.2, 0.25) is 0 Å². The smallest absolute Gasteiger partial charge is 0.146 e. The lowest BCUT2D eigenvalue weighted by molar-refractivity contribution is 0.628. The van der Waals surface area contributed by atoms with Crippen LogP contribution in [0.2, 0.25) is 5.02 Å². The monoisotopic (exact) mass is 288 g/mol. The molecule has 20 heavy (non-hydrogen) atoms. The Morgan fingerprint density at radius 2 is 1.90 bits per heavy atom. The average molecular weight is 289 g/mol. The Bertz CT molecular complexity index is 736. The number of anilines is 1. The molecule has 0 aliphatic rings. The summed E-state index contributed by atoms with van der Waals surface area (Å²) in [6, 6.07) is 14.6. The summed E-state index contributed by atoms with van der Waals surface area (Å²) in [5.41, 5.74) is 1.54. The molecular formula is C16H14ClFN2. The maximum Gasteiger partial charge on any atom is 0.146 e. The second-order valence-corrected chi connectivity index (χ2v) is 5.00. The lowest BCUT2D eigenvalue weighted by Crippen LogP contribution is -2.10. The first-order valence-electron chi connectivity index (χ1n) is 6.47. The fraction of sp³-hybridized carbons (Fsp3) is 0.125. The summed E-state index contributed by atoms with van der Waals surface area (Å²) in [7, 11) is 0. The van der Waals surface area contributed by atoms with Gasteiger partial charge in [-0.25, -0.2) is 4.39 Å². The van der Waals surface area contributed by atoms with E-state index in [9.17, 15) is 4.39 Å². The first kappa shape index (κ1) is 13.0. The third-order valence-corrected chi connectivity index (χ3v) is 3.59. The quantitative estimate of drug-likeness (QED) is 0.745. The maximum absolute atomic E-state index is 13.5. The topological polar surface area (TPSA) is 17.0 Å². The number of rotatable bonds is 4. The third-order valence-electron chi connectivity index (χ3n) is 3.28. The van der Waals surface area contributed by atoms with Crippen LogP contribution in [0.15, 0.2) is 54.7 Å². The molecule has 2 aromatic carbocycles. The molecule has 4 heteroatoms. The van der Waals surface area contributed by atoms with Gasteiger partial charge in [-0.1, -0.05) is 35.9 Å². The second kappa shape index (κ2) is 5.55. The highest BCUT2D eigenvalue weighted by atomic mass is 35.5. The minimum absolute atomic E-state index is 0.233. The standard InChI is InChI=1S/C16H14ClFN2/c17-13-5-3-4-12-8-10-20(16(12)13)11-9-19-15-7-2-1-6-14(15)18/h1-8,10,19H,9,11H2. The van der Waals surface area contributed by atoms with Gasteiger partial charge in [0, 0.05) is 24.7 Å². The van der Waals surface area contributed by atoms with Crippen LogP contribution in [0, 0.1) is 5.82 Å². The predicted octanol–water partition coefficient (Wildman–Crippen LogP) is 4.55. The molecule has 2 nitrogen and oxygen atoms in total. The number of hydrogen-bond acceptors (Lipinski definition) is 1. The van der Waals surface area contributed by atoms with Crippen LogP contribution in [-0.2, 0) is 6.54 Å². The van der Waals surface area contributed by atoms with Gasteiger partial charge in [0.1, 0.15) is 5.82 Å². The number of aromatic nitrogens is 1. The molecule has 0 aliphatic heterocycles. The van der Waals surface area contributed by atoms with Gasteiger partial charge in [0.15, 0.2) is 0 Å². The molecular weight excluding hydrogens is 275 g/mol. The van der Waals surface area contributed by atoms with Gasteiger partial charge in [-0.2, -0.15) is 0 Å². The van der Waals surface area contributed by atoms with E-state index in [2.05, 4.69) is 9.88 Å². The number of para-hydroxylation sites is 2. The summed E-state index contributed by atoms with van der Waals surface area (Å²) in [5.74, 6) is -0.233. The van der Waals surface area contributed by atoms with Gasteiger partial charge in [0.05, 0.1) is 16.2 Å². The predicted molar refractivity (Wildman–Crippen MR) is 81.8 cm³/mol. The van der Waals surface area contributed by atoms with E-state index in [-0.39, 0.29) is 5.82 Å². The highest BCUT2D eigenvalue weighted by molar-refractivity contribution is 6.35. The number of nitrogens with zero attached hydrogens (tertiary/aromatic N) is 1. The summed E-state index contributed by atoms with van der Waals surface area (Å²) < 4.78 is 15.6. The summed E-state index contributed by atoms with van der Waals surface area (Å²) in [5, 5.41) is 4.95. The number of benzene rings is 2. The van der Waals surface area contributed by atoms with Crippen molar-refractivity contribution in [3.63, 3.8) is 0 Å². The highest BCUT2D eigenvalue weighted by Crippen LogP contribution is 2.24. The van der Waals surface area contributed by atoms with Crippen molar-refractivity contribution in [3.05, 3.63) is 65.6 Å². The number of nitrogens with one attached hydrogen (secondary N) is 1. The van der Waals surface area contributed by atoms with Crippen molar-refractivity contribution in [1.29, 1.82) is 0 Å². The van der Waals surface area contributed by atoms with Crippen LogP contribution in [0.4, 0.5) is 10.1 Å². The van der Waals surface area contributed by atoms with Crippen LogP contribution >= 0.6 is 11.6 Å². The molecule has 0 atom stereocenters. The molecule has 3 rings (SSSR count). The molecule has 0 radical (unpaired) electrons. The van der Waals surface area contributed by atoms with Gasteiger partial charge in [-0.15, -0.1) is 0 Å². The van der Waals surface area contributed by atoms with E-state index in [0.717, 1.165) is 22.5 Å². The van der Waals surface area contributed by atoms with E-state index in [1.807, 2.05) is 36.5 Å². The van der Waals surface area contributed by atoms with Gasteiger partial charge >= 0.3 is 0 Å². The Hall–Kier alpha value is -2.00. The lowest BCUT2D eigenvalue weighted by Gasteiger charge is -2.10. The van der Waals surface area contributed by atoms with Crippen molar-refractivity contribution < 1.29 is 4.39 Å². The molecule has 102 valence electrons. The van der Waals surface area contributed by atoms with Crippen LogP contribution in [-0.4, -0.2) is 11.1 Å². The van der Waals surface area contributed by atoms with E-state index in [0.29, 0.717) is 12.2 Å². The van der Waals surface area contributed by atoms with E-state index in [1.54, 1.807) is 12.1 Å². The number of hydrogen-bond donors (Lipinski definition) is 1. The Balaban J connectivity index is 1.73. The van der Waals surface area contributed by atoms with E-state index < -0.39 is 0 Å². The molecule has 0 bridgehead atoms. The summed E-state index contributed by atoms with van der Waals surface area (Å²) in [6.07, 6.45) is 2.00. The van der Waals surface area contributed by atoms with Gasteiger partial charge in [-0.3, -0.25) is 0 Å². The van der Waals surface area contributed by atoms with Crippen molar-refractivity contribution >= 4 is 28.2 Å². The van der Waals surface area contributed by atoms with E-state index in [1.165, 1.54) is 6.07 Å². The second-order valence-electron chi connectivity index (χ2n) is 4.59. The minimum Gasteiger partial charge on any atom is -0.381 e. The molecule has 0 unspecified atom stereocenters. The van der Waals surface area contributed by atoms with Crippen molar-refractivity contribution in [2.24, 2.45) is 0 Å². The molecule has 1 N–H and O–H groups in total. The van der Waals surface area contributed by atoms with Crippen molar-refractivity contribution in [2.45, 2.75) is 6.54 Å². The zero-order valence-corrected chi connectivity index (χ0v) is 11.6. The highest BCUT2D eigenvalue weighted by Gasteiger charge is 2.05. The van der Waals surface area contributed by atoms with Crippen LogP contribution < -0.4 is 5.32 Å². The number of halogens is 2. The van der Waals surface area contributed by atoms with Gasteiger partial charge < -0.3 is 9.88 Å². The first-order chi connectivity index (χ1) is 9.75. The molecule has 0 saturated heterocycles. The first-order valence-corrected chi connectivity index (χ1v) is 6.85. The Labute approximate surface area is 121 Å². The molecule has 0 fully saturated rings. The summed E-state index contributed by atoms with van der Waals surface area (Å²) in [6.45, 7) is 1.36. The van der Waals surface area contributed by atoms with Crippen molar-refractivity contribution in [3.8, 4) is 0 Å². The maximum atomic E-state index is 13.5. The lowest BCUT2D eigenvalue weighted by atomic mass is 10.2. The van der Waals surface area contributed by atoms with E-state index >= 15 is 0 Å². The fourth-order valence-corrected chi connectivity index (χ4v) is 2.61. The average Bonchev–Trinajstić information content (AvgIpc) is 2.86. The molecule has 0 amide bonds. The fourth-order valence-electron chi connectivity index (χ4n) is 2.32. The van der Waals surface area contributed by atoms with Gasteiger partial charge in [0.25, 0.3) is 0 Å². The Kier molecular flexibility index (Phi) is 3.61. The van der Waals surface area contributed by atoms with Gasteiger partial charge in [-0.05, 0) is 24.3 Å². The van der Waals surface area contributed by atoms with Crippen LogP contribution in [0.25, 0.3) is 10.9 Å². The minimum atomic E-state index is -0.233. The largest absolute Gasteiger partial charge is 0.381 e. The molecule has 3 aromatic rings. The summed E-state index contributed by atoms with van der Waals surface area (Å²) in [4.78, 5) is 0. The zero-order valence-electron chi connectivity index (χ0n) is 10.8. The van der Waals surface area contributed by atoms with Crippen molar-refractivity contribution in [1.82, 2.24) is 4.57 Å². The van der Waals surface area contributed by atoms with Crippen molar-refractivity contribution in [2.75, 3.05) is 11.9 Å². The number of fused-ring (bicyclic) bond motifs is 1. The third kappa shape index (κ3) is 2.49. The zero-order chi connectivity index (χ0) is 13.9. The molecule has 1 aromatic heterocycles. The van der Waals surface area contributed by atoms with E-state index in [4.69, 9.17) is 11.6 Å². The molecule has 1 heterocycles. The van der Waals surface area contributed by atoms with Crippen LogP contribution in [0.1, 0.15) is 0 Å². The molecule has 0 spiro atoms. The summed E-state index contributed by atoms with van der Waals surface area (Å²) >= 11 is 6.22. The Morgan fingerprint density at radius 3 is 2.75 bits per heavy atom. The molecule has 0 aliphatic carbocycles. The normalized spacial score (nSPS) is 10.9. The molecule has 0 saturated carbocycles. The van der Waals surface area contributed by atoms with Crippen LogP contribution in [0.3, 0.4) is 0 Å². The Morgan fingerprint density at radius 1 is 1.05 bits per heavy atom.